The van der Waals surface area contributed by atoms with Crippen LogP contribution in [0.15, 0.2) is 12.7 Å². The highest BCUT2D eigenvalue weighted by molar-refractivity contribution is 5.81. The topological polar surface area (TPSA) is 47.6 Å². The Morgan fingerprint density at radius 1 is 1.65 bits per heavy atom. The highest BCUT2D eigenvalue weighted by atomic mass is 16.5. The molecular weight excluding hydrogens is 218 g/mol. The summed E-state index contributed by atoms with van der Waals surface area (Å²) in [6.07, 6.45) is 3.91. The van der Waals surface area contributed by atoms with Crippen molar-refractivity contribution < 1.29 is 14.3 Å². The lowest BCUT2D eigenvalue weighted by Crippen LogP contribution is -2.60. The van der Waals surface area contributed by atoms with E-state index in [1.807, 2.05) is 6.92 Å². The van der Waals surface area contributed by atoms with Crippen molar-refractivity contribution in [1.29, 1.82) is 0 Å². The van der Waals surface area contributed by atoms with Gasteiger partial charge in [-0.3, -0.25) is 10.1 Å². The van der Waals surface area contributed by atoms with Crippen molar-refractivity contribution >= 4 is 5.97 Å². The molecule has 0 aliphatic carbocycles. The van der Waals surface area contributed by atoms with Gasteiger partial charge in [-0.15, -0.1) is 6.58 Å². The van der Waals surface area contributed by atoms with Crippen LogP contribution in [-0.4, -0.2) is 37.4 Å². The largest absolute Gasteiger partial charge is 0.468 e. The first kappa shape index (κ1) is 14.2. The molecule has 4 nitrogen and oxygen atoms in total. The predicted octanol–water partition coefficient (Wildman–Crippen LogP) is 1.65. The molecular formula is C13H23NO3. The van der Waals surface area contributed by atoms with Gasteiger partial charge in [-0.2, -0.15) is 0 Å². The van der Waals surface area contributed by atoms with Crippen molar-refractivity contribution in [2.24, 2.45) is 0 Å². The fourth-order valence-corrected chi connectivity index (χ4v) is 2.34. The first-order chi connectivity index (χ1) is 8.02. The van der Waals surface area contributed by atoms with Crippen molar-refractivity contribution in [2.45, 2.75) is 44.2 Å². The van der Waals surface area contributed by atoms with Crippen LogP contribution in [0.4, 0.5) is 0 Å². The predicted molar refractivity (Wildman–Crippen MR) is 66.8 cm³/mol. The maximum absolute atomic E-state index is 12.0. The molecule has 0 bridgehead atoms. The Bertz CT molecular complexity index is 292. The number of nitrogens with one attached hydrogen (secondary N) is 1. The zero-order chi connectivity index (χ0) is 12.9. The lowest BCUT2D eigenvalue weighted by molar-refractivity contribution is -0.163. The zero-order valence-electron chi connectivity index (χ0n) is 11.0. The third-order valence-electron chi connectivity index (χ3n) is 3.56. The highest BCUT2D eigenvalue weighted by Crippen LogP contribution is 2.35. The second-order valence-electron chi connectivity index (χ2n) is 4.82. The van der Waals surface area contributed by atoms with Gasteiger partial charge in [0.1, 0.15) is 5.54 Å². The van der Waals surface area contributed by atoms with Gasteiger partial charge in [-0.25, -0.2) is 0 Å². The van der Waals surface area contributed by atoms with E-state index < -0.39 is 5.54 Å². The van der Waals surface area contributed by atoms with Crippen LogP contribution >= 0.6 is 0 Å². The molecule has 1 heterocycles. The van der Waals surface area contributed by atoms with Crippen molar-refractivity contribution in [3.05, 3.63) is 12.7 Å². The van der Waals surface area contributed by atoms with Crippen LogP contribution in [0.5, 0.6) is 0 Å². The smallest absolute Gasteiger partial charge is 0.326 e. The van der Waals surface area contributed by atoms with Gasteiger partial charge in [0.25, 0.3) is 0 Å². The van der Waals surface area contributed by atoms with E-state index in [1.165, 1.54) is 7.11 Å². The lowest BCUT2D eigenvalue weighted by Gasteiger charge is -2.44. The normalized spacial score (nSPS) is 33.1. The minimum atomic E-state index is -0.633. The monoisotopic (exact) mass is 241 g/mol. The number of methoxy groups -OCH3 is 1. The Kier molecular flexibility index (Phi) is 4.71. The molecule has 17 heavy (non-hydrogen) atoms. The maximum atomic E-state index is 12.0. The molecule has 1 fully saturated rings. The molecule has 1 rings (SSSR count). The van der Waals surface area contributed by atoms with Crippen molar-refractivity contribution in [3.63, 3.8) is 0 Å². The molecule has 0 saturated carbocycles. The van der Waals surface area contributed by atoms with E-state index in [9.17, 15) is 4.79 Å². The number of esters is 1. The zero-order valence-corrected chi connectivity index (χ0v) is 11.0. The van der Waals surface area contributed by atoms with E-state index in [2.05, 4.69) is 18.8 Å². The van der Waals surface area contributed by atoms with Crippen LogP contribution < -0.4 is 5.32 Å². The van der Waals surface area contributed by atoms with Gasteiger partial charge in [0, 0.05) is 19.6 Å². The molecule has 1 N–H and O–H groups in total. The quantitative estimate of drug-likeness (QED) is 0.587. The third-order valence-corrected chi connectivity index (χ3v) is 3.56. The van der Waals surface area contributed by atoms with Gasteiger partial charge in [0.05, 0.1) is 12.7 Å². The molecule has 0 spiro atoms. The van der Waals surface area contributed by atoms with Crippen LogP contribution in [-0.2, 0) is 14.3 Å². The molecule has 1 aliphatic heterocycles. The molecule has 2 atom stereocenters. The molecule has 1 saturated heterocycles. The molecule has 2 unspecified atom stereocenters. The molecule has 0 aromatic carbocycles. The summed E-state index contributed by atoms with van der Waals surface area (Å²) in [7, 11) is 1.43. The van der Waals surface area contributed by atoms with E-state index in [1.54, 1.807) is 6.08 Å². The summed E-state index contributed by atoms with van der Waals surface area (Å²) in [5.74, 6) is -0.206. The molecule has 1 aliphatic rings. The Balaban J connectivity index is 2.89. The summed E-state index contributed by atoms with van der Waals surface area (Å²) in [5.41, 5.74) is -0.896. The van der Waals surface area contributed by atoms with Crippen LogP contribution in [0.25, 0.3) is 0 Å². The fraction of sp³-hybridized carbons (Fsp3) is 0.769. The molecule has 98 valence electrons. The summed E-state index contributed by atoms with van der Waals surface area (Å²) >= 11 is 0. The second kappa shape index (κ2) is 5.65. The molecule has 4 heteroatoms. The minimum Gasteiger partial charge on any atom is -0.468 e. The Hall–Kier alpha value is -0.870. The fourth-order valence-electron chi connectivity index (χ4n) is 2.34. The van der Waals surface area contributed by atoms with Gasteiger partial charge in [-0.05, 0) is 19.8 Å². The number of hydrogen-bond donors (Lipinski definition) is 1. The second-order valence-corrected chi connectivity index (χ2v) is 4.82. The number of hydrogen-bond acceptors (Lipinski definition) is 4. The Morgan fingerprint density at radius 3 is 2.88 bits per heavy atom. The van der Waals surface area contributed by atoms with E-state index in [0.29, 0.717) is 26.0 Å². The Labute approximate surface area is 103 Å². The summed E-state index contributed by atoms with van der Waals surface area (Å²) in [6.45, 7) is 8.95. The lowest BCUT2D eigenvalue weighted by atomic mass is 9.79. The van der Waals surface area contributed by atoms with Crippen LogP contribution in [0, 0.1) is 0 Å². The van der Waals surface area contributed by atoms with Gasteiger partial charge in [0.15, 0.2) is 0 Å². The number of carbonyl (C=O) groups excluding carboxylic acids is 1. The standard InChI is InChI=1S/C13H23NO3/c1-5-8-14-13(11(15)16-4)7-9-17-12(3,6-2)10-13/h5,14H,1,6-10H2,2-4H3. The molecule has 0 radical (unpaired) electrons. The summed E-state index contributed by atoms with van der Waals surface area (Å²) in [4.78, 5) is 12.0. The maximum Gasteiger partial charge on any atom is 0.326 e. The third kappa shape index (κ3) is 3.07. The molecule has 0 amide bonds. The van der Waals surface area contributed by atoms with E-state index in [4.69, 9.17) is 9.47 Å². The van der Waals surface area contributed by atoms with Gasteiger partial charge >= 0.3 is 5.97 Å². The minimum absolute atomic E-state index is 0.206. The van der Waals surface area contributed by atoms with E-state index in [-0.39, 0.29) is 11.6 Å². The molecule has 0 aromatic rings. The number of carbonyl (C=O) groups is 1. The summed E-state index contributed by atoms with van der Waals surface area (Å²) < 4.78 is 10.7. The summed E-state index contributed by atoms with van der Waals surface area (Å²) in [5, 5.41) is 3.25. The van der Waals surface area contributed by atoms with E-state index >= 15 is 0 Å². The van der Waals surface area contributed by atoms with E-state index in [0.717, 1.165) is 6.42 Å². The van der Waals surface area contributed by atoms with Crippen molar-refractivity contribution in [2.75, 3.05) is 20.3 Å². The highest BCUT2D eigenvalue weighted by Gasteiger charge is 2.47. The van der Waals surface area contributed by atoms with Crippen LogP contribution in [0.1, 0.15) is 33.1 Å². The van der Waals surface area contributed by atoms with Crippen LogP contribution in [0.2, 0.25) is 0 Å². The van der Waals surface area contributed by atoms with Crippen LogP contribution in [0.3, 0.4) is 0 Å². The number of rotatable bonds is 5. The van der Waals surface area contributed by atoms with Crippen molar-refractivity contribution in [3.8, 4) is 0 Å². The Morgan fingerprint density at radius 2 is 2.35 bits per heavy atom. The SMILES string of the molecule is C=CCNC1(C(=O)OC)CCOC(C)(CC)C1. The first-order valence-electron chi connectivity index (χ1n) is 6.10. The number of ether oxygens (including phenoxy) is 2. The average molecular weight is 241 g/mol. The first-order valence-corrected chi connectivity index (χ1v) is 6.10. The average Bonchev–Trinajstić information content (AvgIpc) is 2.35. The van der Waals surface area contributed by atoms with Gasteiger partial charge < -0.3 is 9.47 Å². The van der Waals surface area contributed by atoms with Crippen molar-refractivity contribution in [1.82, 2.24) is 5.32 Å². The van der Waals surface area contributed by atoms with Gasteiger partial charge in [-0.1, -0.05) is 13.0 Å². The molecule has 0 aromatic heterocycles. The summed E-state index contributed by atoms with van der Waals surface area (Å²) in [6, 6.07) is 0. The van der Waals surface area contributed by atoms with Gasteiger partial charge in [0.2, 0.25) is 0 Å².